The first-order valence-corrected chi connectivity index (χ1v) is 23.8. The van der Waals surface area contributed by atoms with Crippen LogP contribution in [0.5, 0.6) is 0 Å². The average Bonchev–Trinajstić information content (AvgIpc) is 2.05. The van der Waals surface area contributed by atoms with Crippen molar-refractivity contribution in [1.82, 2.24) is 4.39 Å². The highest BCUT2D eigenvalue weighted by Gasteiger charge is 2.66. The maximum atomic E-state index is 12.9. The van der Waals surface area contributed by atoms with Gasteiger partial charge in [-0.1, -0.05) is 58.9 Å². The van der Waals surface area contributed by atoms with Crippen LogP contribution in [0.4, 0.5) is 13.2 Å². The zero-order chi connectivity index (χ0) is 17.7. The van der Waals surface area contributed by atoms with E-state index in [4.69, 9.17) is 0 Å². The molecule has 0 unspecified atom stereocenters. The molecule has 0 aliphatic heterocycles. The molecule has 0 spiro atoms. The zero-order valence-corrected chi connectivity index (χ0v) is 19.2. The van der Waals surface area contributed by atoms with E-state index in [9.17, 15) is 21.6 Å². The number of hydrogen-bond donors (Lipinski definition) is 1. The molecule has 1 N–H and O–H groups in total. The van der Waals surface area contributed by atoms with Crippen molar-refractivity contribution < 1.29 is 21.6 Å². The van der Waals surface area contributed by atoms with Crippen LogP contribution in [0.3, 0.4) is 0 Å². The number of halogens is 3. The zero-order valence-electron chi connectivity index (χ0n) is 14.4. The molecule has 21 heavy (non-hydrogen) atoms. The van der Waals surface area contributed by atoms with Gasteiger partial charge in [-0.25, -0.2) is 12.8 Å². The minimum atomic E-state index is -5.29. The Morgan fingerprint density at radius 3 is 1.10 bits per heavy atom. The Hall–Kier alpha value is 0.568. The van der Waals surface area contributed by atoms with Crippen molar-refractivity contribution in [3.8, 4) is 0 Å². The van der Waals surface area contributed by atoms with Crippen LogP contribution in [0.2, 0.25) is 58.9 Å². The van der Waals surface area contributed by atoms with Crippen molar-refractivity contribution in [1.29, 1.82) is 0 Å². The Labute approximate surface area is 130 Å². The first-order valence-electron chi connectivity index (χ1n) is 6.81. The Kier molecular flexibility index (Phi) is 5.73. The minimum Gasteiger partial charge on any atom is -0.237 e. The highest BCUT2D eigenvalue weighted by Crippen LogP contribution is 2.37. The Bertz CT molecular complexity index is 450. The summed E-state index contributed by atoms with van der Waals surface area (Å²) in [5.41, 5.74) is -5.23. The van der Waals surface area contributed by atoms with Gasteiger partial charge in [-0.3, -0.25) is 0 Å². The molecule has 0 aliphatic rings. The fourth-order valence-corrected chi connectivity index (χ4v) is 109. The molecule has 0 saturated carbocycles. The van der Waals surface area contributed by atoms with Gasteiger partial charge in [0.1, 0.15) is 6.79 Å². The molecule has 3 nitrogen and oxygen atoms in total. The first-order chi connectivity index (χ1) is 8.71. The van der Waals surface area contributed by atoms with Crippen LogP contribution in [0.25, 0.3) is 0 Å². The Morgan fingerprint density at radius 1 is 0.714 bits per heavy atom. The number of sulfonamides is 1. The van der Waals surface area contributed by atoms with E-state index in [1.54, 1.807) is 0 Å². The lowest BCUT2D eigenvalue weighted by Gasteiger charge is -2.56. The van der Waals surface area contributed by atoms with Crippen molar-refractivity contribution in [2.45, 2.75) is 64.4 Å². The minimum absolute atomic E-state index is 2.02. The predicted molar refractivity (Wildman–Crippen MR) is 93.9 cm³/mol. The summed E-state index contributed by atoms with van der Waals surface area (Å²) in [6, 6.07) is 0. The van der Waals surface area contributed by atoms with Gasteiger partial charge in [0.15, 0.2) is 0 Å². The summed E-state index contributed by atoms with van der Waals surface area (Å²) in [5, 5.41) is 0. The third kappa shape index (κ3) is 3.91. The van der Waals surface area contributed by atoms with E-state index in [0.717, 1.165) is 0 Å². The van der Waals surface area contributed by atoms with E-state index in [1.165, 1.54) is 0 Å². The number of rotatable bonds is 5. The fraction of sp³-hybridized carbons (Fsp3) is 1.00. The van der Waals surface area contributed by atoms with Gasteiger partial charge in [0.2, 0.25) is 0 Å². The second-order valence-corrected chi connectivity index (χ2v) is 50.6. The monoisotopic (exact) mass is 395 g/mol. The largest absolute Gasteiger partial charge is 0.510 e. The lowest BCUT2D eigenvalue weighted by Crippen LogP contribution is -2.90. The molecule has 0 bridgehead atoms. The molecule has 0 aromatic carbocycles. The topological polar surface area (TPSA) is 46.2 Å². The van der Waals surface area contributed by atoms with Gasteiger partial charge >= 0.3 is 15.5 Å². The maximum absolute atomic E-state index is 12.9. The molecule has 128 valence electrons. The summed E-state index contributed by atoms with van der Waals surface area (Å²) in [4.78, 5) is 0. The molecule has 0 rings (SSSR count). The first kappa shape index (κ1) is 21.6. The number of nitrogens with one attached hydrogen (secondary N) is 1. The van der Waals surface area contributed by atoms with Crippen LogP contribution in [0, 0.1) is 0 Å². The van der Waals surface area contributed by atoms with E-state index < -0.39 is 45.1 Å². The SMILES string of the molecule is C[Si](C)(C)[Si](NS(=O)(=O)C(F)(F)F)([Si](C)(C)C)[Si](C)(C)C. The van der Waals surface area contributed by atoms with E-state index in [1.807, 2.05) is 58.9 Å². The van der Waals surface area contributed by atoms with Gasteiger partial charge in [-0.05, 0) is 0 Å². The smallest absolute Gasteiger partial charge is 0.237 e. The molecule has 0 radical (unpaired) electrons. The van der Waals surface area contributed by atoms with Crippen molar-refractivity contribution in [3.05, 3.63) is 0 Å². The molecule has 0 aromatic heterocycles. The molecule has 0 fully saturated rings. The summed E-state index contributed by atoms with van der Waals surface area (Å²) in [6.07, 6.45) is 0. The molecule has 0 heterocycles. The average molecular weight is 396 g/mol. The molecule has 11 heteroatoms. The van der Waals surface area contributed by atoms with Crippen molar-refractivity contribution in [3.63, 3.8) is 0 Å². The molecule has 0 aliphatic carbocycles. The van der Waals surface area contributed by atoms with Crippen LogP contribution >= 0.6 is 0 Å². The number of hydrogen-bond acceptors (Lipinski definition) is 2. The standard InChI is InChI=1S/C10H28F3NO2SSi4/c1-18(2,3)21(19(4,5)6,20(7,8)9)14-17(15,16)10(11,12)13/h14H,1-9H3. The van der Waals surface area contributed by atoms with Gasteiger partial charge in [-0.2, -0.15) is 13.2 Å². The number of alkyl halides is 3. The molecular formula is C10H28F3NO2SSi4. The second-order valence-electron chi connectivity index (χ2n) is 8.55. The third-order valence-corrected chi connectivity index (χ3v) is 77.1. The van der Waals surface area contributed by atoms with Crippen LogP contribution in [-0.2, 0) is 10.0 Å². The Morgan fingerprint density at radius 2 is 0.952 bits per heavy atom. The Balaban J connectivity index is 6.50. The van der Waals surface area contributed by atoms with Gasteiger partial charge in [0.25, 0.3) is 0 Å². The van der Waals surface area contributed by atoms with E-state index in [2.05, 4.69) is 4.39 Å². The molecule has 0 saturated heterocycles. The summed E-state index contributed by atoms with van der Waals surface area (Å²) in [6.45, 7) is 15.4. The van der Waals surface area contributed by atoms with Gasteiger partial charge in [-0.15, -0.1) is 0 Å². The summed E-state index contributed by atoms with van der Waals surface area (Å²) >= 11 is 0. The highest BCUT2D eigenvalue weighted by atomic mass is 32.2. The molecule has 0 amide bonds. The van der Waals surface area contributed by atoms with E-state index in [-0.39, 0.29) is 0 Å². The van der Waals surface area contributed by atoms with Gasteiger partial charge < -0.3 is 0 Å². The summed E-state index contributed by atoms with van der Waals surface area (Å²) in [7, 11) is -11.7. The van der Waals surface area contributed by atoms with Crippen LogP contribution in [0.1, 0.15) is 0 Å². The lowest BCUT2D eigenvalue weighted by atomic mass is 11.6. The molecular weight excluding hydrogens is 368 g/mol. The lowest BCUT2D eigenvalue weighted by molar-refractivity contribution is -0.0441. The maximum Gasteiger partial charge on any atom is 0.510 e. The van der Waals surface area contributed by atoms with Crippen LogP contribution in [-0.4, -0.2) is 43.5 Å². The summed E-state index contributed by atoms with van der Waals surface area (Å²) < 4.78 is 64.9. The van der Waals surface area contributed by atoms with E-state index >= 15 is 0 Å². The van der Waals surface area contributed by atoms with Crippen LogP contribution < -0.4 is 4.39 Å². The molecule has 0 aromatic rings. The normalized spacial score (nSPS) is 16.2. The quantitative estimate of drug-likeness (QED) is 0.723. The van der Waals surface area contributed by atoms with Gasteiger partial charge in [0.05, 0.1) is 22.8 Å². The fourth-order valence-electron chi connectivity index (χ4n) is 4.09. The van der Waals surface area contributed by atoms with Gasteiger partial charge in [0, 0.05) is 0 Å². The summed E-state index contributed by atoms with van der Waals surface area (Å²) in [5.74, 6) is 0. The highest BCUT2D eigenvalue weighted by molar-refractivity contribution is 8.00. The van der Waals surface area contributed by atoms with E-state index in [0.29, 0.717) is 0 Å². The predicted octanol–water partition coefficient (Wildman–Crippen LogP) is 3.62. The van der Waals surface area contributed by atoms with Crippen molar-refractivity contribution in [2.24, 2.45) is 0 Å². The van der Waals surface area contributed by atoms with Crippen molar-refractivity contribution >= 4 is 39.6 Å². The van der Waals surface area contributed by atoms with Crippen molar-refractivity contribution in [2.75, 3.05) is 0 Å². The van der Waals surface area contributed by atoms with Crippen LogP contribution in [0.15, 0.2) is 0 Å². The second kappa shape index (κ2) is 5.58. The third-order valence-electron chi connectivity index (χ3n) is 3.97. The molecule has 0 atom stereocenters.